The van der Waals surface area contributed by atoms with Crippen molar-refractivity contribution >= 4 is 11.8 Å². The number of aliphatic hydroxyl groups is 1. The van der Waals surface area contributed by atoms with Crippen LogP contribution in [0.3, 0.4) is 0 Å². The fourth-order valence-corrected chi connectivity index (χ4v) is 4.22. The van der Waals surface area contributed by atoms with Crippen molar-refractivity contribution in [3.8, 4) is 0 Å². The van der Waals surface area contributed by atoms with Gasteiger partial charge >= 0.3 is 0 Å². The van der Waals surface area contributed by atoms with E-state index in [9.17, 15) is 5.11 Å². The number of likely N-dealkylation sites (tertiary alicyclic amines) is 1. The summed E-state index contributed by atoms with van der Waals surface area (Å²) in [6, 6.07) is 4.00. The Hall–Kier alpha value is -2.10. The first-order valence-corrected chi connectivity index (χ1v) is 9.90. The molecule has 1 saturated heterocycles. The van der Waals surface area contributed by atoms with Crippen molar-refractivity contribution < 1.29 is 9.52 Å². The highest BCUT2D eigenvalue weighted by Crippen LogP contribution is 2.31. The van der Waals surface area contributed by atoms with Gasteiger partial charge in [-0.2, -0.15) is 0 Å². The lowest BCUT2D eigenvalue weighted by atomic mass is 9.90. The molecule has 0 bridgehead atoms. The highest BCUT2D eigenvalue weighted by Gasteiger charge is 2.28. The second kappa shape index (κ2) is 7.87. The van der Waals surface area contributed by atoms with Crippen molar-refractivity contribution in [2.24, 2.45) is 20.0 Å². The van der Waals surface area contributed by atoms with Crippen LogP contribution in [0.5, 0.6) is 0 Å². The molecule has 1 N–H and O–H groups in total. The molecule has 1 fully saturated rings. The first-order valence-electron chi connectivity index (χ1n) is 9.08. The summed E-state index contributed by atoms with van der Waals surface area (Å²) in [5.41, 5.74) is 0. The minimum atomic E-state index is -0.495. The monoisotopic (exact) mass is 388 g/mol. The molecular weight excluding hydrogens is 364 g/mol. The number of rotatable bonds is 6. The number of hydrogen-bond acceptors (Lipinski definition) is 7. The van der Waals surface area contributed by atoms with Gasteiger partial charge in [0.25, 0.3) is 0 Å². The Kier molecular flexibility index (Phi) is 5.33. The van der Waals surface area contributed by atoms with Crippen LogP contribution >= 0.6 is 11.8 Å². The quantitative estimate of drug-likeness (QED) is 0.693. The molecule has 4 heterocycles. The van der Waals surface area contributed by atoms with Crippen LogP contribution < -0.4 is 0 Å². The van der Waals surface area contributed by atoms with E-state index >= 15 is 0 Å². The zero-order valence-corrected chi connectivity index (χ0v) is 16.3. The van der Waals surface area contributed by atoms with Crippen molar-refractivity contribution in [2.75, 3.05) is 13.1 Å². The third-order valence-electron chi connectivity index (χ3n) is 5.08. The average Bonchev–Trinajstić information content (AvgIpc) is 3.39. The normalized spacial score (nSPS) is 17.4. The van der Waals surface area contributed by atoms with Gasteiger partial charge in [0.15, 0.2) is 10.2 Å². The van der Waals surface area contributed by atoms with Crippen molar-refractivity contribution in [3.63, 3.8) is 0 Å². The molecule has 1 aliphatic rings. The first kappa shape index (κ1) is 18.3. The zero-order chi connectivity index (χ0) is 18.8. The molecule has 0 aromatic carbocycles. The van der Waals surface area contributed by atoms with Crippen molar-refractivity contribution in [1.82, 2.24) is 29.2 Å². The molecule has 144 valence electrons. The Morgan fingerprint density at radius 3 is 2.74 bits per heavy atom. The van der Waals surface area contributed by atoms with Crippen LogP contribution in [0, 0.1) is 5.92 Å². The summed E-state index contributed by atoms with van der Waals surface area (Å²) in [5.74, 6) is 1.95. The number of furan rings is 1. The Bertz CT molecular complexity index is 880. The molecule has 4 rings (SSSR count). The number of nitrogens with zero attached hydrogens (tertiary/aromatic N) is 6. The van der Waals surface area contributed by atoms with Gasteiger partial charge < -0.3 is 18.7 Å². The third kappa shape index (κ3) is 4.10. The van der Waals surface area contributed by atoms with Crippen LogP contribution in [0.2, 0.25) is 0 Å². The van der Waals surface area contributed by atoms with E-state index in [0.29, 0.717) is 0 Å². The van der Waals surface area contributed by atoms with E-state index in [1.165, 1.54) is 11.8 Å². The van der Waals surface area contributed by atoms with Gasteiger partial charge in [-0.15, -0.1) is 10.2 Å². The third-order valence-corrected chi connectivity index (χ3v) is 6.05. The SMILES string of the molecule is Cn1cnnc1Sc1ccc(CN2CCC([C@@H](O)c3nccn3C)CC2)o1. The average molecular weight is 388 g/mol. The van der Waals surface area contributed by atoms with Crippen LogP contribution in [-0.2, 0) is 20.6 Å². The molecule has 3 aromatic rings. The van der Waals surface area contributed by atoms with Gasteiger partial charge in [-0.3, -0.25) is 4.90 Å². The summed E-state index contributed by atoms with van der Waals surface area (Å²) in [4.78, 5) is 6.66. The van der Waals surface area contributed by atoms with Gasteiger partial charge in [0, 0.05) is 26.5 Å². The molecule has 0 radical (unpaired) electrons. The Morgan fingerprint density at radius 1 is 1.26 bits per heavy atom. The van der Waals surface area contributed by atoms with Gasteiger partial charge in [-0.05, 0) is 55.7 Å². The molecule has 1 aliphatic heterocycles. The zero-order valence-electron chi connectivity index (χ0n) is 15.5. The topological polar surface area (TPSA) is 85.1 Å². The first-order chi connectivity index (χ1) is 13.1. The maximum absolute atomic E-state index is 10.6. The van der Waals surface area contributed by atoms with Crippen molar-refractivity contribution in [2.45, 2.75) is 35.7 Å². The lowest BCUT2D eigenvalue weighted by Crippen LogP contribution is -2.35. The highest BCUT2D eigenvalue weighted by molar-refractivity contribution is 7.99. The molecular formula is C18H24N6O2S. The lowest BCUT2D eigenvalue weighted by molar-refractivity contribution is 0.0473. The Labute approximate surface area is 162 Å². The highest BCUT2D eigenvalue weighted by atomic mass is 32.2. The van der Waals surface area contributed by atoms with Gasteiger partial charge in [-0.1, -0.05) is 0 Å². The number of aromatic nitrogens is 5. The molecule has 9 heteroatoms. The molecule has 0 amide bonds. The molecule has 8 nitrogen and oxygen atoms in total. The van der Waals surface area contributed by atoms with E-state index in [4.69, 9.17) is 4.42 Å². The van der Waals surface area contributed by atoms with Gasteiger partial charge in [-0.25, -0.2) is 4.98 Å². The van der Waals surface area contributed by atoms with Gasteiger partial charge in [0.05, 0.1) is 6.54 Å². The largest absolute Gasteiger partial charge is 0.453 e. The summed E-state index contributed by atoms with van der Waals surface area (Å²) < 4.78 is 9.71. The van der Waals surface area contributed by atoms with Crippen LogP contribution in [0.1, 0.15) is 30.5 Å². The Balaban J connectivity index is 1.29. The molecule has 3 aromatic heterocycles. The predicted octanol–water partition coefficient (Wildman–Crippen LogP) is 2.24. The fourth-order valence-electron chi connectivity index (χ4n) is 3.47. The second-order valence-electron chi connectivity index (χ2n) is 7.00. The molecule has 0 spiro atoms. The number of imidazole rings is 1. The van der Waals surface area contributed by atoms with E-state index in [0.717, 1.165) is 54.3 Å². The molecule has 27 heavy (non-hydrogen) atoms. The molecule has 0 aliphatic carbocycles. The number of hydrogen-bond donors (Lipinski definition) is 1. The summed E-state index contributed by atoms with van der Waals surface area (Å²) >= 11 is 1.47. The number of piperidine rings is 1. The van der Waals surface area contributed by atoms with Gasteiger partial charge in [0.1, 0.15) is 24.0 Å². The molecule has 0 unspecified atom stereocenters. The smallest absolute Gasteiger partial charge is 0.198 e. The van der Waals surface area contributed by atoms with E-state index in [1.54, 1.807) is 12.5 Å². The lowest BCUT2D eigenvalue weighted by Gasteiger charge is -2.33. The van der Waals surface area contributed by atoms with Crippen LogP contribution in [0.25, 0.3) is 0 Å². The van der Waals surface area contributed by atoms with E-state index in [2.05, 4.69) is 20.1 Å². The molecule has 0 saturated carbocycles. The maximum atomic E-state index is 10.6. The second-order valence-corrected chi connectivity index (χ2v) is 7.97. The van der Waals surface area contributed by atoms with E-state index in [1.807, 2.05) is 41.6 Å². The summed E-state index contributed by atoms with van der Waals surface area (Å²) in [7, 11) is 3.84. The molecule has 1 atom stereocenters. The standard InChI is InChI=1S/C18H24N6O2S/c1-22-10-7-19-17(22)16(25)13-5-8-24(9-6-13)11-14-3-4-15(26-14)27-18-21-20-12-23(18)2/h3-4,7,10,12-13,16,25H,5-6,8-9,11H2,1-2H3/t16-/m1/s1. The minimum absolute atomic E-state index is 0.251. The van der Waals surface area contributed by atoms with E-state index < -0.39 is 6.10 Å². The fraction of sp³-hybridized carbons (Fsp3) is 0.500. The number of aryl methyl sites for hydroxylation is 2. The Morgan fingerprint density at radius 2 is 2.07 bits per heavy atom. The van der Waals surface area contributed by atoms with Crippen molar-refractivity contribution in [1.29, 1.82) is 0 Å². The van der Waals surface area contributed by atoms with Gasteiger partial charge in [0.2, 0.25) is 0 Å². The summed E-state index contributed by atoms with van der Waals surface area (Å²) in [5, 5.41) is 20.2. The van der Waals surface area contributed by atoms with Crippen LogP contribution in [0.4, 0.5) is 0 Å². The minimum Gasteiger partial charge on any atom is -0.453 e. The van der Waals surface area contributed by atoms with Crippen molar-refractivity contribution in [3.05, 3.63) is 42.4 Å². The van der Waals surface area contributed by atoms with Crippen LogP contribution in [0.15, 0.2) is 45.5 Å². The summed E-state index contributed by atoms with van der Waals surface area (Å²) in [6.45, 7) is 2.67. The predicted molar refractivity (Wildman–Crippen MR) is 100 cm³/mol. The van der Waals surface area contributed by atoms with E-state index in [-0.39, 0.29) is 5.92 Å². The van der Waals surface area contributed by atoms with Crippen LogP contribution in [-0.4, -0.2) is 47.4 Å². The maximum Gasteiger partial charge on any atom is 0.198 e. The summed E-state index contributed by atoms with van der Waals surface area (Å²) in [6.07, 6.45) is 6.70. The number of aliphatic hydroxyl groups excluding tert-OH is 1.